The van der Waals surface area contributed by atoms with Gasteiger partial charge in [0.15, 0.2) is 5.82 Å². The fraction of sp³-hybridized carbons (Fsp3) is 0.500. The average Bonchev–Trinajstić information content (AvgIpc) is 3.07. The van der Waals surface area contributed by atoms with Gasteiger partial charge in [0.2, 0.25) is 11.8 Å². The van der Waals surface area contributed by atoms with Crippen LogP contribution in [0.3, 0.4) is 0 Å². The van der Waals surface area contributed by atoms with Crippen LogP contribution in [0, 0.1) is 5.92 Å². The molecule has 1 unspecified atom stereocenters. The lowest BCUT2D eigenvalue weighted by molar-refractivity contribution is -0.118. The lowest BCUT2D eigenvalue weighted by Crippen LogP contribution is -2.28. The van der Waals surface area contributed by atoms with E-state index in [1.165, 1.54) is 0 Å². The monoisotopic (exact) mass is 341 g/mol. The maximum atomic E-state index is 11.9. The predicted octanol–water partition coefficient (Wildman–Crippen LogP) is 1.89. The number of amides is 1. The number of thiophene rings is 1. The topological polar surface area (TPSA) is 85.1 Å². The summed E-state index contributed by atoms with van der Waals surface area (Å²) in [5.74, 6) is 1.19. The summed E-state index contributed by atoms with van der Waals surface area (Å²) >= 11 is 1.57. The van der Waals surface area contributed by atoms with Crippen LogP contribution in [-0.4, -0.2) is 26.0 Å². The summed E-state index contributed by atoms with van der Waals surface area (Å²) in [6.45, 7) is 4.58. The molecule has 6 nitrogen and oxygen atoms in total. The van der Waals surface area contributed by atoms with Crippen molar-refractivity contribution < 1.29 is 13.5 Å². The van der Waals surface area contributed by atoms with Crippen molar-refractivity contribution in [2.24, 2.45) is 5.92 Å². The molecule has 8 heteroatoms. The maximum absolute atomic E-state index is 11.9. The summed E-state index contributed by atoms with van der Waals surface area (Å²) in [4.78, 5) is 17.0. The number of carbonyl (C=O) groups excluding carboxylic acids is 1. The van der Waals surface area contributed by atoms with E-state index in [1.807, 2.05) is 17.5 Å². The first kappa shape index (κ1) is 16.8. The first-order chi connectivity index (χ1) is 10.5. The normalized spacial score (nSPS) is 12.5. The van der Waals surface area contributed by atoms with Crippen LogP contribution in [0.4, 0.5) is 0 Å². The van der Waals surface area contributed by atoms with Gasteiger partial charge in [-0.2, -0.15) is 4.98 Å². The van der Waals surface area contributed by atoms with E-state index in [-0.39, 0.29) is 17.4 Å². The van der Waals surface area contributed by atoms with Crippen molar-refractivity contribution in [1.82, 2.24) is 15.5 Å². The lowest BCUT2D eigenvalue weighted by Gasteiger charge is -2.02. The van der Waals surface area contributed by atoms with Crippen molar-refractivity contribution in [3.63, 3.8) is 0 Å². The molecule has 0 saturated carbocycles. The molecule has 22 heavy (non-hydrogen) atoms. The molecule has 0 aliphatic rings. The highest BCUT2D eigenvalue weighted by Gasteiger charge is 2.14. The third-order valence-electron chi connectivity index (χ3n) is 2.72. The van der Waals surface area contributed by atoms with Crippen molar-refractivity contribution in [1.29, 1.82) is 0 Å². The second kappa shape index (κ2) is 8.19. The van der Waals surface area contributed by atoms with Gasteiger partial charge in [0, 0.05) is 22.1 Å². The van der Waals surface area contributed by atoms with E-state index in [1.54, 1.807) is 11.3 Å². The molecule has 0 saturated heterocycles. The van der Waals surface area contributed by atoms with Crippen LogP contribution in [0.2, 0.25) is 0 Å². The third kappa shape index (κ3) is 5.69. The van der Waals surface area contributed by atoms with Crippen LogP contribution in [0.25, 0.3) is 0 Å². The van der Waals surface area contributed by atoms with E-state index in [0.29, 0.717) is 30.6 Å². The van der Waals surface area contributed by atoms with Gasteiger partial charge < -0.3 is 9.84 Å². The van der Waals surface area contributed by atoms with Crippen molar-refractivity contribution >= 4 is 28.0 Å². The maximum Gasteiger partial charge on any atom is 0.232 e. The van der Waals surface area contributed by atoms with Crippen LogP contribution < -0.4 is 5.32 Å². The second-order valence-corrected chi connectivity index (χ2v) is 7.78. The quantitative estimate of drug-likeness (QED) is 0.792. The van der Waals surface area contributed by atoms with E-state index in [2.05, 4.69) is 29.3 Å². The van der Waals surface area contributed by atoms with Gasteiger partial charge in [-0.3, -0.25) is 9.00 Å². The molecular formula is C14H19N3O3S2. The van der Waals surface area contributed by atoms with Crippen molar-refractivity contribution in [3.05, 3.63) is 34.1 Å². The highest BCUT2D eigenvalue weighted by molar-refractivity contribution is 7.84. The van der Waals surface area contributed by atoms with Crippen molar-refractivity contribution in [2.45, 2.75) is 32.6 Å². The SMILES string of the molecule is CC(C)Cc1nc(CS(=O)CC(=O)NCc2cccs2)no1. The second-order valence-electron chi connectivity index (χ2n) is 5.29. The van der Waals surface area contributed by atoms with Crippen LogP contribution in [-0.2, 0) is 34.3 Å². The minimum atomic E-state index is -1.34. The van der Waals surface area contributed by atoms with E-state index in [9.17, 15) is 9.00 Å². The summed E-state index contributed by atoms with van der Waals surface area (Å²) < 4.78 is 17.0. The molecule has 0 aliphatic carbocycles. The Labute approximate surface area is 135 Å². The molecule has 120 valence electrons. The molecule has 0 aromatic carbocycles. The number of rotatable bonds is 8. The number of hydrogen-bond donors (Lipinski definition) is 1. The number of aromatic nitrogens is 2. The summed E-state index contributed by atoms with van der Waals surface area (Å²) in [5, 5.41) is 8.49. The van der Waals surface area contributed by atoms with Crippen LogP contribution in [0.15, 0.2) is 22.0 Å². The smallest absolute Gasteiger partial charge is 0.232 e. The first-order valence-corrected chi connectivity index (χ1v) is 9.35. The van der Waals surface area contributed by atoms with E-state index < -0.39 is 10.8 Å². The first-order valence-electron chi connectivity index (χ1n) is 6.98. The summed E-state index contributed by atoms with van der Waals surface area (Å²) in [5.41, 5.74) is 0. The van der Waals surface area contributed by atoms with Crippen LogP contribution in [0.1, 0.15) is 30.4 Å². The molecule has 0 bridgehead atoms. The fourth-order valence-corrected chi connectivity index (χ4v) is 3.32. The van der Waals surface area contributed by atoms with Crippen LogP contribution in [0.5, 0.6) is 0 Å². The molecule has 2 heterocycles. The van der Waals surface area contributed by atoms with Gasteiger partial charge in [-0.05, 0) is 17.4 Å². The Morgan fingerprint density at radius 1 is 1.50 bits per heavy atom. The Hall–Kier alpha value is -1.54. The Morgan fingerprint density at radius 2 is 2.32 bits per heavy atom. The van der Waals surface area contributed by atoms with Gasteiger partial charge in [-0.1, -0.05) is 25.1 Å². The molecule has 2 rings (SSSR count). The van der Waals surface area contributed by atoms with Crippen molar-refractivity contribution in [2.75, 3.05) is 5.75 Å². The predicted molar refractivity (Wildman–Crippen MR) is 85.7 cm³/mol. The Balaban J connectivity index is 1.74. The van der Waals surface area contributed by atoms with E-state index >= 15 is 0 Å². The van der Waals surface area contributed by atoms with Crippen molar-refractivity contribution in [3.8, 4) is 0 Å². The zero-order valence-electron chi connectivity index (χ0n) is 12.6. The lowest BCUT2D eigenvalue weighted by atomic mass is 10.1. The Kier molecular flexibility index (Phi) is 6.26. The number of nitrogens with one attached hydrogen (secondary N) is 1. The van der Waals surface area contributed by atoms with Gasteiger partial charge in [0.05, 0.1) is 12.3 Å². The minimum Gasteiger partial charge on any atom is -0.350 e. The number of nitrogens with zero attached hydrogens (tertiary/aromatic N) is 2. The molecule has 1 N–H and O–H groups in total. The zero-order valence-corrected chi connectivity index (χ0v) is 14.2. The molecule has 1 atom stereocenters. The van der Waals surface area contributed by atoms with E-state index in [0.717, 1.165) is 4.88 Å². The van der Waals surface area contributed by atoms with E-state index in [4.69, 9.17) is 4.52 Å². The minimum absolute atomic E-state index is 0.0561. The molecule has 1 amide bonds. The Bertz CT molecular complexity index is 623. The van der Waals surface area contributed by atoms with Crippen LogP contribution >= 0.6 is 11.3 Å². The summed E-state index contributed by atoms with van der Waals surface area (Å²) in [6, 6.07) is 3.87. The zero-order chi connectivity index (χ0) is 15.9. The molecule has 2 aromatic heterocycles. The highest BCUT2D eigenvalue weighted by Crippen LogP contribution is 2.08. The van der Waals surface area contributed by atoms with Gasteiger partial charge in [0.25, 0.3) is 0 Å². The van der Waals surface area contributed by atoms with Gasteiger partial charge in [-0.15, -0.1) is 11.3 Å². The molecule has 2 aromatic rings. The molecule has 0 spiro atoms. The highest BCUT2D eigenvalue weighted by atomic mass is 32.2. The standard InChI is InChI=1S/C14H19N3O3S2/c1-10(2)6-14-16-12(17-20-14)8-22(19)9-13(18)15-7-11-4-3-5-21-11/h3-5,10H,6-9H2,1-2H3,(H,15,18). The van der Waals surface area contributed by atoms with Gasteiger partial charge >= 0.3 is 0 Å². The number of carbonyl (C=O) groups is 1. The molecule has 0 aliphatic heterocycles. The summed E-state index contributed by atoms with van der Waals surface area (Å²) in [6.07, 6.45) is 0.695. The fourth-order valence-electron chi connectivity index (χ4n) is 1.77. The molecule has 0 fully saturated rings. The number of hydrogen-bond acceptors (Lipinski definition) is 6. The average molecular weight is 341 g/mol. The molecular weight excluding hydrogens is 322 g/mol. The largest absolute Gasteiger partial charge is 0.350 e. The molecule has 0 radical (unpaired) electrons. The summed E-state index contributed by atoms with van der Waals surface area (Å²) in [7, 11) is -1.34. The van der Waals surface area contributed by atoms with Gasteiger partial charge in [-0.25, -0.2) is 0 Å². The third-order valence-corrected chi connectivity index (χ3v) is 4.76. The van der Waals surface area contributed by atoms with Gasteiger partial charge in [0.1, 0.15) is 5.75 Å². The Morgan fingerprint density at radius 3 is 3.00 bits per heavy atom.